The summed E-state index contributed by atoms with van der Waals surface area (Å²) in [5.74, 6) is -0.258. The van der Waals surface area contributed by atoms with Gasteiger partial charge < -0.3 is 15.0 Å². The Bertz CT molecular complexity index is 286. The van der Waals surface area contributed by atoms with E-state index >= 15 is 0 Å². The minimum Gasteiger partial charge on any atom is -0.463 e. The number of nitrogens with one attached hydrogen (secondary N) is 1. The molecular formula is C16H30N2O2. The van der Waals surface area contributed by atoms with Crippen molar-refractivity contribution in [2.75, 3.05) is 33.3 Å². The topological polar surface area (TPSA) is 41.6 Å². The summed E-state index contributed by atoms with van der Waals surface area (Å²) in [7, 11) is 2.25. The molecule has 0 spiro atoms. The van der Waals surface area contributed by atoms with E-state index in [0.29, 0.717) is 6.61 Å². The maximum Gasteiger partial charge on any atom is 0.330 e. The summed E-state index contributed by atoms with van der Waals surface area (Å²) in [4.78, 5) is 13.6. The van der Waals surface area contributed by atoms with Crippen molar-refractivity contribution in [3.8, 4) is 0 Å². The van der Waals surface area contributed by atoms with Gasteiger partial charge in [0.2, 0.25) is 0 Å². The second kappa shape index (κ2) is 10.9. The van der Waals surface area contributed by atoms with E-state index in [1.165, 1.54) is 38.2 Å². The van der Waals surface area contributed by atoms with Gasteiger partial charge in [-0.1, -0.05) is 25.3 Å². The van der Waals surface area contributed by atoms with Crippen LogP contribution in [0.15, 0.2) is 12.2 Å². The molecule has 0 radical (unpaired) electrons. The van der Waals surface area contributed by atoms with E-state index in [1.54, 1.807) is 0 Å². The Labute approximate surface area is 123 Å². The Kier molecular flexibility index (Phi) is 9.33. The minimum absolute atomic E-state index is 0.258. The molecule has 116 valence electrons. The summed E-state index contributed by atoms with van der Waals surface area (Å²) < 4.78 is 4.81. The molecule has 1 N–H and O–H groups in total. The van der Waals surface area contributed by atoms with E-state index in [-0.39, 0.29) is 5.97 Å². The van der Waals surface area contributed by atoms with Crippen LogP contribution in [0.3, 0.4) is 0 Å². The van der Waals surface area contributed by atoms with Crippen molar-refractivity contribution in [2.24, 2.45) is 0 Å². The summed E-state index contributed by atoms with van der Waals surface area (Å²) in [5.41, 5.74) is 0. The molecule has 0 bridgehead atoms. The molecule has 1 aliphatic rings. The van der Waals surface area contributed by atoms with Gasteiger partial charge >= 0.3 is 5.97 Å². The van der Waals surface area contributed by atoms with Crippen LogP contribution in [0.1, 0.15) is 45.4 Å². The molecule has 0 aromatic heterocycles. The molecule has 0 atom stereocenters. The van der Waals surface area contributed by atoms with Gasteiger partial charge in [0.05, 0.1) is 6.61 Å². The molecule has 1 fully saturated rings. The van der Waals surface area contributed by atoms with Gasteiger partial charge in [-0.25, -0.2) is 4.79 Å². The van der Waals surface area contributed by atoms with Crippen molar-refractivity contribution in [1.82, 2.24) is 10.2 Å². The van der Waals surface area contributed by atoms with Crippen LogP contribution in [0, 0.1) is 0 Å². The number of esters is 1. The molecule has 0 saturated heterocycles. The third kappa shape index (κ3) is 7.65. The second-order valence-electron chi connectivity index (χ2n) is 5.48. The van der Waals surface area contributed by atoms with Crippen molar-refractivity contribution in [1.29, 1.82) is 0 Å². The highest BCUT2D eigenvalue weighted by atomic mass is 16.5. The molecule has 1 saturated carbocycles. The van der Waals surface area contributed by atoms with Gasteiger partial charge in [-0.05, 0) is 46.3 Å². The van der Waals surface area contributed by atoms with Crippen LogP contribution < -0.4 is 5.32 Å². The number of hydrogen-bond donors (Lipinski definition) is 1. The van der Waals surface area contributed by atoms with Gasteiger partial charge in [-0.3, -0.25) is 0 Å². The fourth-order valence-electron chi connectivity index (χ4n) is 2.69. The third-order valence-corrected chi connectivity index (χ3v) is 3.87. The lowest BCUT2D eigenvalue weighted by Gasteiger charge is -2.31. The average Bonchev–Trinajstić information content (AvgIpc) is 2.47. The summed E-state index contributed by atoms with van der Waals surface area (Å²) in [6.45, 7) is 5.12. The minimum atomic E-state index is -0.258. The van der Waals surface area contributed by atoms with E-state index in [1.807, 2.05) is 13.0 Å². The van der Waals surface area contributed by atoms with Gasteiger partial charge in [0.25, 0.3) is 0 Å². The molecule has 0 unspecified atom stereocenters. The van der Waals surface area contributed by atoms with Gasteiger partial charge in [0.1, 0.15) is 0 Å². The first-order chi connectivity index (χ1) is 9.74. The normalized spacial score (nSPS) is 16.9. The van der Waals surface area contributed by atoms with E-state index in [4.69, 9.17) is 4.74 Å². The maximum atomic E-state index is 11.1. The van der Waals surface area contributed by atoms with Crippen LogP contribution in [-0.2, 0) is 9.53 Å². The summed E-state index contributed by atoms with van der Waals surface area (Å²) in [6, 6.07) is 0.799. The molecule has 1 aliphatic carbocycles. The highest BCUT2D eigenvalue weighted by Gasteiger charge is 2.16. The third-order valence-electron chi connectivity index (χ3n) is 3.87. The molecule has 20 heavy (non-hydrogen) atoms. The number of carbonyl (C=O) groups is 1. The monoisotopic (exact) mass is 282 g/mol. The van der Waals surface area contributed by atoms with Gasteiger partial charge in [0.15, 0.2) is 0 Å². The zero-order chi connectivity index (χ0) is 14.6. The SMILES string of the molecule is CCOC(=O)/C=C/CNCCCN(C)C1CCCCC1. The molecule has 0 heterocycles. The molecule has 4 heteroatoms. The molecule has 0 aromatic carbocycles. The van der Waals surface area contributed by atoms with Crippen LogP contribution in [0.5, 0.6) is 0 Å². The van der Waals surface area contributed by atoms with E-state index in [9.17, 15) is 4.79 Å². The summed E-state index contributed by atoms with van der Waals surface area (Å²) in [6.07, 6.45) is 11.4. The van der Waals surface area contributed by atoms with Crippen LogP contribution in [0.25, 0.3) is 0 Å². The standard InChI is InChI=1S/C16H30N2O2/c1-3-20-16(19)11-7-12-17-13-8-14-18(2)15-9-5-4-6-10-15/h7,11,15,17H,3-6,8-10,12-14H2,1-2H3/b11-7+. The number of carbonyl (C=O) groups excluding carboxylic acids is 1. The smallest absolute Gasteiger partial charge is 0.330 e. The van der Waals surface area contributed by atoms with Crippen molar-refractivity contribution >= 4 is 5.97 Å². The maximum absolute atomic E-state index is 11.1. The lowest BCUT2D eigenvalue weighted by Crippen LogP contribution is -2.35. The Hall–Kier alpha value is -0.870. The number of ether oxygens (including phenoxy) is 1. The molecule has 0 amide bonds. The van der Waals surface area contributed by atoms with Crippen LogP contribution in [-0.4, -0.2) is 50.2 Å². The number of rotatable bonds is 9. The van der Waals surface area contributed by atoms with Gasteiger partial charge in [-0.2, -0.15) is 0 Å². The van der Waals surface area contributed by atoms with Crippen LogP contribution >= 0.6 is 0 Å². The fourth-order valence-corrected chi connectivity index (χ4v) is 2.69. The van der Waals surface area contributed by atoms with Crippen LogP contribution in [0.2, 0.25) is 0 Å². The highest BCUT2D eigenvalue weighted by Crippen LogP contribution is 2.21. The first-order valence-electron chi connectivity index (χ1n) is 7.98. The lowest BCUT2D eigenvalue weighted by molar-refractivity contribution is -0.137. The summed E-state index contributed by atoms with van der Waals surface area (Å²) in [5, 5.41) is 3.32. The number of hydrogen-bond acceptors (Lipinski definition) is 4. The first-order valence-corrected chi connectivity index (χ1v) is 7.98. The number of nitrogens with zero attached hydrogens (tertiary/aromatic N) is 1. The van der Waals surface area contributed by atoms with Gasteiger partial charge in [0, 0.05) is 18.7 Å². The Balaban J connectivity index is 1.97. The second-order valence-corrected chi connectivity index (χ2v) is 5.48. The quantitative estimate of drug-likeness (QED) is 0.400. The predicted octanol–water partition coefficient (Wildman–Crippen LogP) is 2.35. The molecule has 4 nitrogen and oxygen atoms in total. The van der Waals surface area contributed by atoms with E-state index in [0.717, 1.165) is 32.1 Å². The zero-order valence-corrected chi connectivity index (χ0v) is 13.1. The van der Waals surface area contributed by atoms with E-state index in [2.05, 4.69) is 17.3 Å². The first kappa shape index (κ1) is 17.2. The van der Waals surface area contributed by atoms with Crippen molar-refractivity contribution in [2.45, 2.75) is 51.5 Å². The van der Waals surface area contributed by atoms with E-state index < -0.39 is 0 Å². The molecule has 0 aliphatic heterocycles. The van der Waals surface area contributed by atoms with Crippen molar-refractivity contribution in [3.63, 3.8) is 0 Å². The zero-order valence-electron chi connectivity index (χ0n) is 13.1. The molecular weight excluding hydrogens is 252 g/mol. The highest BCUT2D eigenvalue weighted by molar-refractivity contribution is 5.81. The largest absolute Gasteiger partial charge is 0.463 e. The fraction of sp³-hybridized carbons (Fsp3) is 0.812. The van der Waals surface area contributed by atoms with Crippen molar-refractivity contribution in [3.05, 3.63) is 12.2 Å². The molecule has 0 aromatic rings. The Morgan fingerprint density at radius 2 is 2.10 bits per heavy atom. The predicted molar refractivity (Wildman–Crippen MR) is 82.8 cm³/mol. The van der Waals surface area contributed by atoms with Gasteiger partial charge in [-0.15, -0.1) is 0 Å². The molecule has 1 rings (SSSR count). The Morgan fingerprint density at radius 3 is 2.80 bits per heavy atom. The van der Waals surface area contributed by atoms with Crippen molar-refractivity contribution < 1.29 is 9.53 Å². The lowest BCUT2D eigenvalue weighted by atomic mass is 9.94. The van der Waals surface area contributed by atoms with Crippen LogP contribution in [0.4, 0.5) is 0 Å². The average molecular weight is 282 g/mol. The Morgan fingerprint density at radius 1 is 1.35 bits per heavy atom. The summed E-state index contributed by atoms with van der Waals surface area (Å²) >= 11 is 0.